The summed E-state index contributed by atoms with van der Waals surface area (Å²) >= 11 is 0. The van der Waals surface area contributed by atoms with Gasteiger partial charge in [0, 0.05) is 10.5 Å². The average molecular weight is 381 g/mol. The first-order valence-corrected chi connectivity index (χ1v) is 8.82. The molecule has 0 saturated carbocycles. The highest BCUT2D eigenvalue weighted by atomic mass is 16.6. The monoisotopic (exact) mass is 381 g/mol. The molecule has 8 nitrogen and oxygen atoms in total. The molecule has 28 heavy (non-hydrogen) atoms. The Bertz CT molecular complexity index is 984. The third-order valence-corrected chi connectivity index (χ3v) is 4.57. The van der Waals surface area contributed by atoms with Crippen LogP contribution in [0.3, 0.4) is 0 Å². The van der Waals surface area contributed by atoms with Crippen molar-refractivity contribution in [2.45, 2.75) is 19.3 Å². The summed E-state index contributed by atoms with van der Waals surface area (Å²) in [5.41, 5.74) is 3.13. The van der Waals surface area contributed by atoms with Crippen LogP contribution in [0.25, 0.3) is 11.1 Å². The lowest BCUT2D eigenvalue weighted by Crippen LogP contribution is -2.32. The Morgan fingerprint density at radius 1 is 1.25 bits per heavy atom. The first-order valence-electron chi connectivity index (χ1n) is 8.82. The Morgan fingerprint density at radius 3 is 2.79 bits per heavy atom. The fourth-order valence-corrected chi connectivity index (χ4v) is 3.14. The predicted octanol–water partition coefficient (Wildman–Crippen LogP) is 3.44. The van der Waals surface area contributed by atoms with Gasteiger partial charge in [-0.05, 0) is 22.1 Å². The minimum Gasteiger partial charge on any atom is -0.496 e. The largest absolute Gasteiger partial charge is 0.496 e. The molecule has 0 N–H and O–H groups in total. The van der Waals surface area contributed by atoms with Gasteiger partial charge in [-0.3, -0.25) is 4.57 Å². The van der Waals surface area contributed by atoms with Crippen molar-refractivity contribution in [3.8, 4) is 22.9 Å². The molecule has 0 amide bonds. The fourth-order valence-electron chi connectivity index (χ4n) is 3.14. The maximum Gasteiger partial charge on any atom is 0.414 e. The molecule has 2 aromatic carbocycles. The van der Waals surface area contributed by atoms with E-state index in [1.807, 2.05) is 48.5 Å². The summed E-state index contributed by atoms with van der Waals surface area (Å²) in [7, 11) is 1.66. The molecule has 8 heteroatoms. The van der Waals surface area contributed by atoms with Gasteiger partial charge in [0.25, 0.3) is 0 Å². The van der Waals surface area contributed by atoms with Crippen LogP contribution in [-0.2, 0) is 17.9 Å². The Morgan fingerprint density at radius 2 is 2.04 bits per heavy atom. The molecule has 0 unspecified atom stereocenters. The van der Waals surface area contributed by atoms with Crippen molar-refractivity contribution >= 4 is 5.82 Å². The van der Waals surface area contributed by atoms with Crippen LogP contribution in [0.5, 0.6) is 11.8 Å². The van der Waals surface area contributed by atoms with Crippen LogP contribution in [-0.4, -0.2) is 34.3 Å². The van der Waals surface area contributed by atoms with Gasteiger partial charge in [0.1, 0.15) is 24.7 Å². The van der Waals surface area contributed by atoms with E-state index in [2.05, 4.69) is 4.98 Å². The van der Waals surface area contributed by atoms with Crippen LogP contribution >= 0.6 is 0 Å². The van der Waals surface area contributed by atoms with Crippen LogP contribution in [0.2, 0.25) is 0 Å². The molecule has 1 aliphatic rings. The number of fused-ring (bicyclic) bond motifs is 1. The van der Waals surface area contributed by atoms with Crippen LogP contribution in [0, 0.1) is 10.1 Å². The molecule has 3 aromatic rings. The van der Waals surface area contributed by atoms with Crippen LogP contribution in [0.4, 0.5) is 5.82 Å². The lowest BCUT2D eigenvalue weighted by Gasteiger charge is -2.22. The van der Waals surface area contributed by atoms with E-state index in [4.69, 9.17) is 14.2 Å². The number of hydrogen-bond donors (Lipinski definition) is 0. The topological polar surface area (TPSA) is 88.7 Å². The summed E-state index contributed by atoms with van der Waals surface area (Å²) in [5.74, 6) is 0.610. The van der Waals surface area contributed by atoms with Gasteiger partial charge >= 0.3 is 11.8 Å². The number of nitro groups is 1. The smallest absolute Gasteiger partial charge is 0.414 e. The highest BCUT2D eigenvalue weighted by Crippen LogP contribution is 2.30. The van der Waals surface area contributed by atoms with Gasteiger partial charge in [0.2, 0.25) is 0 Å². The normalized spacial score (nSPS) is 15.5. The van der Waals surface area contributed by atoms with E-state index >= 15 is 0 Å². The summed E-state index contributed by atoms with van der Waals surface area (Å²) in [5, 5.41) is 10.8. The fraction of sp³-hybridized carbons (Fsp3) is 0.250. The van der Waals surface area contributed by atoms with Crippen molar-refractivity contribution in [2.24, 2.45) is 0 Å². The first kappa shape index (κ1) is 18.0. The van der Waals surface area contributed by atoms with Crippen LogP contribution < -0.4 is 9.47 Å². The van der Waals surface area contributed by atoms with Crippen molar-refractivity contribution in [3.05, 3.63) is 70.4 Å². The highest BCUT2D eigenvalue weighted by molar-refractivity contribution is 5.70. The van der Waals surface area contributed by atoms with E-state index < -0.39 is 4.92 Å². The van der Waals surface area contributed by atoms with Gasteiger partial charge in [-0.1, -0.05) is 42.5 Å². The molecule has 0 aliphatic carbocycles. The van der Waals surface area contributed by atoms with Gasteiger partial charge in [-0.25, -0.2) is 0 Å². The molecule has 0 radical (unpaired) electrons. The molecular formula is C20H19N3O5. The third kappa shape index (κ3) is 3.67. The van der Waals surface area contributed by atoms with Crippen molar-refractivity contribution in [1.82, 2.24) is 9.55 Å². The first-order chi connectivity index (χ1) is 13.6. The Labute approximate surface area is 161 Å². The third-order valence-electron chi connectivity index (χ3n) is 4.57. The molecule has 0 bridgehead atoms. The zero-order valence-electron chi connectivity index (χ0n) is 15.3. The van der Waals surface area contributed by atoms with Crippen molar-refractivity contribution in [3.63, 3.8) is 0 Å². The van der Waals surface area contributed by atoms with Crippen LogP contribution in [0.1, 0.15) is 5.56 Å². The van der Waals surface area contributed by atoms with Gasteiger partial charge in [-0.15, -0.1) is 0 Å². The van der Waals surface area contributed by atoms with Crippen LogP contribution in [0.15, 0.2) is 54.7 Å². The molecule has 1 aliphatic heterocycles. The lowest BCUT2D eigenvalue weighted by molar-refractivity contribution is -0.389. The molecule has 144 valence electrons. The Hall–Kier alpha value is -3.39. The standard InChI is InChI=1S/C20H19N3O5/c1-26-18-5-3-2-4-17(18)15-8-6-14(7-9-15)12-27-16-10-22-11-19(23(24)25)21-20(22)28-13-16/h2-9,11,16H,10,12-13H2,1H3/t16-/m0/s1. The summed E-state index contributed by atoms with van der Waals surface area (Å²) in [6.45, 7) is 1.20. The summed E-state index contributed by atoms with van der Waals surface area (Å²) in [6, 6.07) is 16.2. The second-order valence-corrected chi connectivity index (χ2v) is 6.43. The zero-order valence-corrected chi connectivity index (χ0v) is 15.3. The second-order valence-electron chi connectivity index (χ2n) is 6.43. The predicted molar refractivity (Wildman–Crippen MR) is 101 cm³/mol. The number of aromatic nitrogens is 2. The number of methoxy groups -OCH3 is 1. The summed E-state index contributed by atoms with van der Waals surface area (Å²) < 4.78 is 18.4. The molecule has 0 saturated heterocycles. The molecule has 4 rings (SSSR count). The van der Waals surface area contributed by atoms with E-state index in [0.717, 1.165) is 22.4 Å². The van der Waals surface area contributed by atoms with E-state index in [1.165, 1.54) is 6.20 Å². The Kier molecular flexibility index (Phi) is 4.94. The van der Waals surface area contributed by atoms with E-state index in [0.29, 0.717) is 19.8 Å². The molecule has 0 fully saturated rings. The lowest BCUT2D eigenvalue weighted by atomic mass is 10.0. The summed E-state index contributed by atoms with van der Waals surface area (Å²) in [4.78, 5) is 14.1. The molecule has 2 heterocycles. The minimum absolute atomic E-state index is 0.199. The number of benzene rings is 2. The quantitative estimate of drug-likeness (QED) is 0.480. The van der Waals surface area contributed by atoms with Crippen molar-refractivity contribution in [2.75, 3.05) is 13.7 Å². The summed E-state index contributed by atoms with van der Waals surface area (Å²) in [6.07, 6.45) is 1.17. The average Bonchev–Trinajstić information content (AvgIpc) is 3.16. The van der Waals surface area contributed by atoms with Gasteiger partial charge in [-0.2, -0.15) is 0 Å². The number of hydrogen-bond acceptors (Lipinski definition) is 6. The number of imidazole rings is 1. The maximum absolute atomic E-state index is 10.8. The van der Waals surface area contributed by atoms with E-state index in [-0.39, 0.29) is 17.9 Å². The van der Waals surface area contributed by atoms with Gasteiger partial charge in [0.05, 0.1) is 20.3 Å². The molecule has 0 spiro atoms. The van der Waals surface area contributed by atoms with E-state index in [1.54, 1.807) is 11.7 Å². The number of nitrogens with zero attached hydrogens (tertiary/aromatic N) is 3. The molecular weight excluding hydrogens is 362 g/mol. The maximum atomic E-state index is 10.8. The van der Waals surface area contributed by atoms with Gasteiger partial charge in [0.15, 0.2) is 0 Å². The SMILES string of the molecule is COc1ccccc1-c1ccc(CO[C@@H]2COc3nc([N+](=O)[O-])cn3C2)cc1. The number of para-hydroxylation sites is 1. The number of ether oxygens (including phenoxy) is 3. The zero-order chi connectivity index (χ0) is 19.5. The van der Waals surface area contributed by atoms with Gasteiger partial charge < -0.3 is 24.3 Å². The van der Waals surface area contributed by atoms with Crippen molar-refractivity contribution < 1.29 is 19.1 Å². The highest BCUT2D eigenvalue weighted by Gasteiger charge is 2.28. The molecule has 1 atom stereocenters. The Balaban J connectivity index is 1.38. The molecule has 1 aromatic heterocycles. The second kappa shape index (κ2) is 7.69. The van der Waals surface area contributed by atoms with Crippen molar-refractivity contribution in [1.29, 1.82) is 0 Å². The number of rotatable bonds is 6. The van der Waals surface area contributed by atoms with E-state index in [9.17, 15) is 10.1 Å². The minimum atomic E-state index is -0.534.